The van der Waals surface area contributed by atoms with Gasteiger partial charge in [-0.2, -0.15) is 0 Å². The zero-order valence-electron chi connectivity index (χ0n) is 17.6. The van der Waals surface area contributed by atoms with Crippen LogP contribution in [-0.4, -0.2) is 36.6 Å². The molecule has 1 N–H and O–H groups in total. The molecule has 0 bridgehead atoms. The first kappa shape index (κ1) is 22.2. The summed E-state index contributed by atoms with van der Waals surface area (Å²) in [6, 6.07) is 8.09. The van der Waals surface area contributed by atoms with Crippen LogP contribution in [0, 0.1) is 0 Å². The molecule has 1 amide bonds. The average Bonchev–Trinajstić information content (AvgIpc) is 3.37. The number of amides is 1. The number of thioether (sulfide) groups is 1. The summed E-state index contributed by atoms with van der Waals surface area (Å²) in [5.41, 5.74) is 1.27. The lowest BCUT2D eigenvalue weighted by Crippen LogP contribution is -2.14. The molecule has 0 saturated heterocycles. The van der Waals surface area contributed by atoms with Gasteiger partial charge in [-0.05, 0) is 37.0 Å². The normalized spacial score (nSPS) is 11.1. The zero-order valence-corrected chi connectivity index (χ0v) is 19.2. The summed E-state index contributed by atoms with van der Waals surface area (Å²) in [6.07, 6.45) is 0.800. The predicted octanol–water partition coefficient (Wildman–Crippen LogP) is 4.15. The lowest BCUT2D eigenvalue weighted by atomic mass is 10.0. The van der Waals surface area contributed by atoms with Gasteiger partial charge in [-0.15, -0.1) is 20.4 Å². The summed E-state index contributed by atoms with van der Waals surface area (Å²) in [4.78, 5) is 12.2. The Balaban J connectivity index is 1.54. The minimum atomic E-state index is -0.146. The maximum Gasteiger partial charge on any atom is 0.236 e. The standard InChI is InChI=1S/C20H26N6O2S2/c1-5-18-23-24-19(30-18)21-17(27)12-29-20-25-22-16(26(20)6-2)11-28-15-9-7-14(8-10-15)13(3)4/h7-10,13H,5-6,11-12H2,1-4H3,(H,21,24,27). The fourth-order valence-electron chi connectivity index (χ4n) is 2.68. The number of hydrogen-bond donors (Lipinski definition) is 1. The first-order chi connectivity index (χ1) is 14.5. The van der Waals surface area contributed by atoms with Gasteiger partial charge in [0.2, 0.25) is 11.0 Å². The van der Waals surface area contributed by atoms with Crippen molar-refractivity contribution in [1.82, 2.24) is 25.0 Å². The molecule has 0 aliphatic carbocycles. The summed E-state index contributed by atoms with van der Waals surface area (Å²) in [6.45, 7) is 9.35. The lowest BCUT2D eigenvalue weighted by molar-refractivity contribution is -0.113. The minimum Gasteiger partial charge on any atom is -0.486 e. The molecule has 0 aliphatic rings. The third kappa shape index (κ3) is 5.79. The second-order valence-corrected chi connectivity index (χ2v) is 8.85. The Morgan fingerprint density at radius 3 is 2.57 bits per heavy atom. The van der Waals surface area contributed by atoms with Crippen molar-refractivity contribution in [3.63, 3.8) is 0 Å². The van der Waals surface area contributed by atoms with Gasteiger partial charge in [0.1, 0.15) is 17.4 Å². The molecular formula is C20H26N6O2S2. The van der Waals surface area contributed by atoms with Crippen LogP contribution in [0.15, 0.2) is 29.4 Å². The van der Waals surface area contributed by atoms with Gasteiger partial charge in [0.15, 0.2) is 11.0 Å². The van der Waals surface area contributed by atoms with Crippen LogP contribution in [-0.2, 0) is 24.4 Å². The highest BCUT2D eigenvalue weighted by molar-refractivity contribution is 7.99. The summed E-state index contributed by atoms with van der Waals surface area (Å²) in [5, 5.41) is 21.3. The maximum atomic E-state index is 12.2. The molecule has 2 heterocycles. The number of ether oxygens (including phenoxy) is 1. The van der Waals surface area contributed by atoms with Crippen LogP contribution in [0.5, 0.6) is 5.75 Å². The fourth-order valence-corrected chi connectivity index (χ4v) is 4.20. The van der Waals surface area contributed by atoms with Gasteiger partial charge in [0, 0.05) is 6.54 Å². The number of carbonyl (C=O) groups is 1. The fraction of sp³-hybridized carbons (Fsp3) is 0.450. The third-order valence-electron chi connectivity index (χ3n) is 4.37. The largest absolute Gasteiger partial charge is 0.486 e. The summed E-state index contributed by atoms with van der Waals surface area (Å²) in [5.74, 6) is 2.08. The van der Waals surface area contributed by atoms with Crippen LogP contribution >= 0.6 is 23.1 Å². The van der Waals surface area contributed by atoms with Crippen LogP contribution in [0.2, 0.25) is 0 Å². The third-order valence-corrected chi connectivity index (χ3v) is 6.32. The molecule has 2 aromatic heterocycles. The van der Waals surface area contributed by atoms with E-state index in [1.54, 1.807) is 0 Å². The van der Waals surface area contributed by atoms with Crippen molar-refractivity contribution in [2.24, 2.45) is 0 Å². The van der Waals surface area contributed by atoms with E-state index in [0.29, 0.717) is 29.4 Å². The number of nitrogens with zero attached hydrogens (tertiary/aromatic N) is 5. The molecule has 10 heteroatoms. The monoisotopic (exact) mass is 446 g/mol. The predicted molar refractivity (Wildman–Crippen MR) is 119 cm³/mol. The quantitative estimate of drug-likeness (QED) is 0.468. The Bertz CT molecular complexity index is 968. The molecule has 1 aromatic carbocycles. The molecule has 3 rings (SSSR count). The van der Waals surface area contributed by atoms with Gasteiger partial charge in [-0.3, -0.25) is 10.1 Å². The van der Waals surface area contributed by atoms with Gasteiger partial charge >= 0.3 is 0 Å². The van der Waals surface area contributed by atoms with E-state index < -0.39 is 0 Å². The SMILES string of the molecule is CCc1nnc(NC(=O)CSc2nnc(COc3ccc(C(C)C)cc3)n2CC)s1. The molecule has 160 valence electrons. The number of carbonyl (C=O) groups excluding carboxylic acids is 1. The molecule has 3 aromatic rings. The molecule has 0 saturated carbocycles. The van der Waals surface area contributed by atoms with Crippen molar-refractivity contribution < 1.29 is 9.53 Å². The number of benzene rings is 1. The number of rotatable bonds is 10. The van der Waals surface area contributed by atoms with Gasteiger partial charge < -0.3 is 9.30 Å². The van der Waals surface area contributed by atoms with E-state index in [9.17, 15) is 4.79 Å². The van der Waals surface area contributed by atoms with Gasteiger partial charge in [-0.25, -0.2) is 0 Å². The van der Waals surface area contributed by atoms with E-state index in [1.165, 1.54) is 28.7 Å². The average molecular weight is 447 g/mol. The second kappa shape index (κ2) is 10.5. The van der Waals surface area contributed by atoms with E-state index in [4.69, 9.17) is 4.74 Å². The molecule has 0 unspecified atom stereocenters. The Morgan fingerprint density at radius 2 is 1.93 bits per heavy atom. The van der Waals surface area contributed by atoms with E-state index in [0.717, 1.165) is 23.0 Å². The number of anilines is 1. The molecule has 0 fully saturated rings. The molecule has 0 atom stereocenters. The first-order valence-electron chi connectivity index (χ1n) is 9.90. The molecule has 0 radical (unpaired) electrons. The van der Waals surface area contributed by atoms with Gasteiger partial charge in [0.25, 0.3) is 0 Å². The Morgan fingerprint density at radius 1 is 1.17 bits per heavy atom. The van der Waals surface area contributed by atoms with Crippen LogP contribution in [0.25, 0.3) is 0 Å². The summed E-state index contributed by atoms with van der Waals surface area (Å²) < 4.78 is 7.83. The van der Waals surface area contributed by atoms with Gasteiger partial charge in [0.05, 0.1) is 5.75 Å². The highest BCUT2D eigenvalue weighted by Gasteiger charge is 2.15. The van der Waals surface area contributed by atoms with E-state index in [-0.39, 0.29) is 11.7 Å². The second-order valence-electron chi connectivity index (χ2n) is 6.85. The minimum absolute atomic E-state index is 0.146. The maximum absolute atomic E-state index is 12.2. The molecule has 30 heavy (non-hydrogen) atoms. The van der Waals surface area contributed by atoms with Crippen molar-refractivity contribution in [2.75, 3.05) is 11.1 Å². The molecule has 8 nitrogen and oxygen atoms in total. The Kier molecular flexibility index (Phi) is 7.81. The highest BCUT2D eigenvalue weighted by atomic mass is 32.2. The van der Waals surface area contributed by atoms with Crippen molar-refractivity contribution in [3.05, 3.63) is 40.7 Å². The zero-order chi connectivity index (χ0) is 21.5. The smallest absolute Gasteiger partial charge is 0.236 e. The molecule has 0 aliphatic heterocycles. The number of aryl methyl sites for hydroxylation is 1. The Labute approximate surface area is 184 Å². The van der Waals surface area contributed by atoms with E-state index in [1.807, 2.05) is 30.5 Å². The van der Waals surface area contributed by atoms with Crippen molar-refractivity contribution in [2.45, 2.75) is 58.3 Å². The summed E-state index contributed by atoms with van der Waals surface area (Å²) >= 11 is 2.73. The molecular weight excluding hydrogens is 420 g/mol. The highest BCUT2D eigenvalue weighted by Crippen LogP contribution is 2.22. The van der Waals surface area contributed by atoms with Crippen molar-refractivity contribution >= 4 is 34.1 Å². The summed E-state index contributed by atoms with van der Waals surface area (Å²) in [7, 11) is 0. The lowest BCUT2D eigenvalue weighted by Gasteiger charge is -2.10. The van der Waals surface area contributed by atoms with Crippen molar-refractivity contribution in [3.8, 4) is 5.75 Å². The Hall–Kier alpha value is -2.46. The van der Waals surface area contributed by atoms with Crippen LogP contribution in [0.1, 0.15) is 50.0 Å². The molecule has 0 spiro atoms. The van der Waals surface area contributed by atoms with E-state index in [2.05, 4.69) is 51.7 Å². The van der Waals surface area contributed by atoms with Crippen LogP contribution < -0.4 is 10.1 Å². The number of aromatic nitrogens is 5. The number of hydrogen-bond acceptors (Lipinski definition) is 8. The van der Waals surface area contributed by atoms with E-state index >= 15 is 0 Å². The van der Waals surface area contributed by atoms with Crippen LogP contribution in [0.3, 0.4) is 0 Å². The van der Waals surface area contributed by atoms with Crippen LogP contribution in [0.4, 0.5) is 5.13 Å². The van der Waals surface area contributed by atoms with Crippen molar-refractivity contribution in [1.29, 1.82) is 0 Å². The topological polar surface area (TPSA) is 94.8 Å². The first-order valence-corrected chi connectivity index (χ1v) is 11.7. The van der Waals surface area contributed by atoms with Gasteiger partial charge in [-0.1, -0.05) is 56.0 Å². The number of nitrogens with one attached hydrogen (secondary N) is 1.